The second-order valence-corrected chi connectivity index (χ2v) is 11.9. The SMILES string of the molecule is N[C@H](C=O)CCCCNC(=O)CC[C@H](NC(=O)CC[C@H](NC(=O)CCCCCCCCCCOc1ccc(C(=O)O)cc1)C(=O)O)C(=O)O. The maximum atomic E-state index is 12.4. The van der Waals surface area contributed by atoms with Gasteiger partial charge in [0.1, 0.15) is 24.1 Å². The van der Waals surface area contributed by atoms with Crippen LogP contribution in [0.15, 0.2) is 24.3 Å². The van der Waals surface area contributed by atoms with Crippen LogP contribution < -0.4 is 26.4 Å². The Balaban J connectivity index is 2.18. The number of rotatable bonds is 29. The Bertz CT molecular complexity index is 1190. The number of nitrogens with two attached hydrogens (primary N) is 1. The molecule has 0 saturated heterocycles. The zero-order valence-corrected chi connectivity index (χ0v) is 28.0. The van der Waals surface area contributed by atoms with Gasteiger partial charge in [-0.05, 0) is 69.2 Å². The highest BCUT2D eigenvalue weighted by atomic mass is 16.5. The second-order valence-electron chi connectivity index (χ2n) is 11.9. The number of hydrogen-bond donors (Lipinski definition) is 7. The standard InChI is InChI=1S/C34H52N4O11/c35-25(23-39)11-8-9-21-36-29(40)19-17-27(33(45)46)38-31(42)20-18-28(34(47)48)37-30(41)12-7-5-3-1-2-4-6-10-22-49-26-15-13-24(14-16-26)32(43)44/h13-16,23,25,27-28H,1-12,17-22,35H2,(H,36,40)(H,37,41)(H,38,42)(H,43,44)(H,45,46)(H,47,48)/t25-,27-,28-/m0/s1. The predicted molar refractivity (Wildman–Crippen MR) is 179 cm³/mol. The summed E-state index contributed by atoms with van der Waals surface area (Å²) in [6.45, 7) is 0.892. The Morgan fingerprint density at radius 1 is 0.653 bits per heavy atom. The minimum absolute atomic E-state index is 0.149. The van der Waals surface area contributed by atoms with E-state index >= 15 is 0 Å². The van der Waals surface area contributed by atoms with Gasteiger partial charge in [-0.2, -0.15) is 0 Å². The highest BCUT2D eigenvalue weighted by molar-refractivity contribution is 5.88. The van der Waals surface area contributed by atoms with Gasteiger partial charge < -0.3 is 46.5 Å². The third-order valence-electron chi connectivity index (χ3n) is 7.72. The average molecular weight is 693 g/mol. The molecule has 8 N–H and O–H groups in total. The van der Waals surface area contributed by atoms with Gasteiger partial charge in [-0.25, -0.2) is 14.4 Å². The molecule has 3 atom stereocenters. The first-order valence-electron chi connectivity index (χ1n) is 16.9. The Labute approximate surface area is 286 Å². The molecule has 1 aromatic carbocycles. The molecule has 0 aliphatic heterocycles. The minimum Gasteiger partial charge on any atom is -0.494 e. The highest BCUT2D eigenvalue weighted by Crippen LogP contribution is 2.14. The zero-order valence-electron chi connectivity index (χ0n) is 28.0. The largest absolute Gasteiger partial charge is 0.494 e. The Morgan fingerprint density at radius 3 is 1.69 bits per heavy atom. The lowest BCUT2D eigenvalue weighted by molar-refractivity contribution is -0.143. The Hall–Kier alpha value is -4.53. The van der Waals surface area contributed by atoms with Crippen LogP contribution in [0, 0.1) is 0 Å². The van der Waals surface area contributed by atoms with Crippen LogP contribution in [0.5, 0.6) is 5.75 Å². The van der Waals surface area contributed by atoms with Gasteiger partial charge in [0.05, 0.1) is 18.2 Å². The molecule has 15 heteroatoms. The van der Waals surface area contributed by atoms with Crippen molar-refractivity contribution in [3.63, 3.8) is 0 Å². The second kappa shape index (κ2) is 25.5. The van der Waals surface area contributed by atoms with Crippen molar-refractivity contribution in [1.29, 1.82) is 0 Å². The molecule has 0 unspecified atom stereocenters. The summed E-state index contributed by atoms with van der Waals surface area (Å²) in [5.41, 5.74) is 5.71. The first-order chi connectivity index (χ1) is 23.4. The summed E-state index contributed by atoms with van der Waals surface area (Å²) in [5, 5.41) is 35.2. The van der Waals surface area contributed by atoms with Crippen LogP contribution in [0.3, 0.4) is 0 Å². The molecule has 1 rings (SSSR count). The van der Waals surface area contributed by atoms with Gasteiger partial charge in [-0.15, -0.1) is 0 Å². The maximum absolute atomic E-state index is 12.4. The van der Waals surface area contributed by atoms with Crippen molar-refractivity contribution in [3.05, 3.63) is 29.8 Å². The van der Waals surface area contributed by atoms with Crippen molar-refractivity contribution in [2.24, 2.45) is 5.73 Å². The number of ether oxygens (including phenoxy) is 1. The monoisotopic (exact) mass is 692 g/mol. The molecule has 274 valence electrons. The van der Waals surface area contributed by atoms with Crippen LogP contribution in [-0.2, 0) is 28.8 Å². The number of hydrogen-bond acceptors (Lipinski definition) is 9. The predicted octanol–water partition coefficient (Wildman–Crippen LogP) is 2.79. The number of carboxylic acid groups (broad SMARTS) is 3. The first kappa shape index (κ1) is 42.5. The van der Waals surface area contributed by atoms with E-state index in [4.69, 9.17) is 15.6 Å². The summed E-state index contributed by atoms with van der Waals surface area (Å²) in [7, 11) is 0. The lowest BCUT2D eigenvalue weighted by atomic mass is 10.1. The fourth-order valence-electron chi connectivity index (χ4n) is 4.82. The van der Waals surface area contributed by atoms with E-state index in [-0.39, 0.29) is 37.7 Å². The van der Waals surface area contributed by atoms with Crippen LogP contribution in [0.2, 0.25) is 0 Å². The van der Waals surface area contributed by atoms with Crippen molar-refractivity contribution < 1.29 is 53.6 Å². The van der Waals surface area contributed by atoms with Crippen LogP contribution in [-0.4, -0.2) is 88.5 Å². The van der Waals surface area contributed by atoms with Crippen molar-refractivity contribution in [2.75, 3.05) is 13.2 Å². The molecule has 0 saturated carbocycles. The van der Waals surface area contributed by atoms with Gasteiger partial charge in [0.2, 0.25) is 17.7 Å². The number of benzene rings is 1. The van der Waals surface area contributed by atoms with E-state index in [1.807, 2.05) is 0 Å². The number of amides is 3. The smallest absolute Gasteiger partial charge is 0.335 e. The number of carbonyl (C=O) groups is 7. The van der Waals surface area contributed by atoms with Crippen LogP contribution in [0.4, 0.5) is 0 Å². The molecule has 49 heavy (non-hydrogen) atoms. The Morgan fingerprint density at radius 2 is 1.16 bits per heavy atom. The maximum Gasteiger partial charge on any atom is 0.335 e. The highest BCUT2D eigenvalue weighted by Gasteiger charge is 2.24. The molecule has 1 aromatic rings. The minimum atomic E-state index is -1.34. The van der Waals surface area contributed by atoms with E-state index < -0.39 is 53.8 Å². The lowest BCUT2D eigenvalue weighted by Crippen LogP contribution is -2.44. The van der Waals surface area contributed by atoms with Crippen molar-refractivity contribution in [2.45, 2.75) is 121 Å². The van der Waals surface area contributed by atoms with Crippen molar-refractivity contribution in [1.82, 2.24) is 16.0 Å². The normalized spacial score (nSPS) is 12.6. The fourth-order valence-corrected chi connectivity index (χ4v) is 4.82. The van der Waals surface area contributed by atoms with Gasteiger partial charge >= 0.3 is 17.9 Å². The zero-order chi connectivity index (χ0) is 36.4. The van der Waals surface area contributed by atoms with Crippen LogP contribution in [0.1, 0.15) is 113 Å². The van der Waals surface area contributed by atoms with E-state index in [1.54, 1.807) is 12.1 Å². The molecule has 15 nitrogen and oxygen atoms in total. The van der Waals surface area contributed by atoms with Gasteiger partial charge in [-0.3, -0.25) is 14.4 Å². The van der Waals surface area contributed by atoms with Crippen LogP contribution >= 0.6 is 0 Å². The van der Waals surface area contributed by atoms with Gasteiger partial charge in [0.15, 0.2) is 0 Å². The number of aromatic carboxylic acids is 1. The van der Waals surface area contributed by atoms with Gasteiger partial charge in [0.25, 0.3) is 0 Å². The van der Waals surface area contributed by atoms with E-state index in [0.29, 0.717) is 50.9 Å². The molecule has 0 bridgehead atoms. The number of carbonyl (C=O) groups excluding carboxylic acids is 4. The van der Waals surface area contributed by atoms with Gasteiger partial charge in [0, 0.05) is 25.8 Å². The summed E-state index contributed by atoms with van der Waals surface area (Å²) in [4.78, 5) is 81.3. The number of aliphatic carboxylic acids is 2. The van der Waals surface area contributed by atoms with Gasteiger partial charge in [-0.1, -0.05) is 38.5 Å². The number of carboxylic acids is 3. The number of unbranched alkanes of at least 4 members (excludes halogenated alkanes) is 8. The molecule has 0 spiro atoms. The fraction of sp³-hybridized carbons (Fsp3) is 0.618. The summed E-state index contributed by atoms with van der Waals surface area (Å²) < 4.78 is 5.62. The molecule has 0 radical (unpaired) electrons. The van der Waals surface area contributed by atoms with E-state index in [1.165, 1.54) is 12.1 Å². The molecule has 0 aliphatic rings. The molecule has 3 amide bonds. The lowest BCUT2D eigenvalue weighted by Gasteiger charge is -2.17. The third kappa shape index (κ3) is 21.1. The quantitative estimate of drug-likeness (QED) is 0.0473. The first-order valence-corrected chi connectivity index (χ1v) is 16.9. The van der Waals surface area contributed by atoms with Crippen molar-refractivity contribution in [3.8, 4) is 5.75 Å². The third-order valence-corrected chi connectivity index (χ3v) is 7.72. The summed E-state index contributed by atoms with van der Waals surface area (Å²) in [6.07, 6.45) is 8.99. The molecular formula is C34H52N4O11. The summed E-state index contributed by atoms with van der Waals surface area (Å²) >= 11 is 0. The van der Waals surface area contributed by atoms with E-state index in [2.05, 4.69) is 16.0 Å². The average Bonchev–Trinajstić information content (AvgIpc) is 3.06. The summed E-state index contributed by atoms with van der Waals surface area (Å²) in [5.74, 6) is -4.52. The molecule has 0 fully saturated rings. The topological polar surface area (TPSA) is 252 Å². The summed E-state index contributed by atoms with van der Waals surface area (Å²) in [6, 6.07) is 3.10. The number of nitrogens with one attached hydrogen (secondary N) is 3. The molecule has 0 heterocycles. The number of aldehydes is 1. The molecule has 0 aromatic heterocycles. The Kier molecular flexibility index (Phi) is 22.1. The van der Waals surface area contributed by atoms with E-state index in [0.717, 1.165) is 44.9 Å². The molecular weight excluding hydrogens is 640 g/mol. The molecule has 0 aliphatic carbocycles. The van der Waals surface area contributed by atoms with Crippen LogP contribution in [0.25, 0.3) is 0 Å². The van der Waals surface area contributed by atoms with E-state index in [9.17, 15) is 43.8 Å². The van der Waals surface area contributed by atoms with Crippen molar-refractivity contribution >= 4 is 41.9 Å².